The van der Waals surface area contributed by atoms with Crippen molar-refractivity contribution in [3.8, 4) is 0 Å². The Hall–Kier alpha value is -2.64. The number of aromatic amines is 1. The number of nitrogens with one attached hydrogen (secondary N) is 1. The number of amides is 1. The van der Waals surface area contributed by atoms with Gasteiger partial charge in [-0.3, -0.25) is 9.69 Å². The Morgan fingerprint density at radius 3 is 2.61 bits per heavy atom. The van der Waals surface area contributed by atoms with Gasteiger partial charge in [-0.25, -0.2) is 4.79 Å². The van der Waals surface area contributed by atoms with E-state index in [4.69, 9.17) is 11.6 Å². The fourth-order valence-electron chi connectivity index (χ4n) is 3.60. The molecule has 3 heterocycles. The van der Waals surface area contributed by atoms with Gasteiger partial charge in [0.1, 0.15) is 5.69 Å². The van der Waals surface area contributed by atoms with Crippen LogP contribution < -0.4 is 0 Å². The van der Waals surface area contributed by atoms with Crippen molar-refractivity contribution in [3.63, 3.8) is 0 Å². The first-order valence-corrected chi connectivity index (χ1v) is 9.65. The smallest absolute Gasteiger partial charge is 0.344 e. The molecule has 7 nitrogen and oxygen atoms in total. The predicted molar refractivity (Wildman–Crippen MR) is 108 cm³/mol. The van der Waals surface area contributed by atoms with Crippen LogP contribution in [0.1, 0.15) is 28.7 Å². The molecule has 2 aromatic heterocycles. The summed E-state index contributed by atoms with van der Waals surface area (Å²) in [6.45, 7) is 7.16. The van der Waals surface area contributed by atoms with Crippen LogP contribution in [0.2, 0.25) is 5.02 Å². The lowest BCUT2D eigenvalue weighted by atomic mass is 10.1. The molecule has 28 heavy (non-hydrogen) atoms. The summed E-state index contributed by atoms with van der Waals surface area (Å²) in [5.41, 5.74) is 3.78. The first kappa shape index (κ1) is 18.7. The molecule has 1 N–H and O–H groups in total. The minimum atomic E-state index is -0.191. The molecule has 1 saturated heterocycles. The van der Waals surface area contributed by atoms with Crippen molar-refractivity contribution < 1.29 is 9.59 Å². The van der Waals surface area contributed by atoms with E-state index in [-0.39, 0.29) is 11.8 Å². The second-order valence-corrected chi connectivity index (χ2v) is 7.60. The average Bonchev–Trinajstić information content (AvgIpc) is 3.28. The quantitative estimate of drug-likeness (QED) is 0.685. The van der Waals surface area contributed by atoms with Gasteiger partial charge in [-0.1, -0.05) is 11.6 Å². The Kier molecular flexibility index (Phi) is 4.95. The van der Waals surface area contributed by atoms with Gasteiger partial charge in [-0.15, -0.1) is 0 Å². The number of hydrogen-bond donors (Lipinski definition) is 1. The molecule has 1 amide bonds. The Morgan fingerprint density at radius 1 is 1.18 bits per heavy atom. The Labute approximate surface area is 167 Å². The molecular weight excluding hydrogens is 378 g/mol. The van der Waals surface area contributed by atoms with Crippen LogP contribution in [0, 0.1) is 6.92 Å². The highest BCUT2D eigenvalue weighted by Gasteiger charge is 2.24. The Morgan fingerprint density at radius 2 is 1.93 bits per heavy atom. The highest BCUT2D eigenvalue weighted by atomic mass is 35.5. The maximum atomic E-state index is 12.6. The molecule has 0 unspecified atom stereocenters. The third-order valence-corrected chi connectivity index (χ3v) is 5.53. The molecule has 1 fully saturated rings. The summed E-state index contributed by atoms with van der Waals surface area (Å²) in [4.78, 5) is 31.5. The first-order chi connectivity index (χ1) is 13.4. The molecule has 0 aliphatic carbocycles. The molecule has 0 spiro atoms. The summed E-state index contributed by atoms with van der Waals surface area (Å²) in [5, 5.41) is 5.95. The number of nitrogens with zero attached hydrogens (tertiary/aromatic N) is 4. The molecule has 0 saturated carbocycles. The van der Waals surface area contributed by atoms with E-state index in [1.165, 1.54) is 22.9 Å². The molecule has 8 heteroatoms. The second kappa shape index (κ2) is 7.41. The number of carbonyl (C=O) groups excluding carboxylic acids is 2. The van der Waals surface area contributed by atoms with Crippen molar-refractivity contribution >= 4 is 34.3 Å². The Bertz CT molecular complexity index is 1050. The zero-order valence-electron chi connectivity index (χ0n) is 15.9. The summed E-state index contributed by atoms with van der Waals surface area (Å²) in [5.74, 6) is -0.147. The van der Waals surface area contributed by atoms with Gasteiger partial charge in [0, 0.05) is 67.5 Å². The lowest BCUT2D eigenvalue weighted by Gasteiger charge is -2.34. The van der Waals surface area contributed by atoms with Gasteiger partial charge in [-0.2, -0.15) is 9.78 Å². The third-order valence-electron chi connectivity index (χ3n) is 5.29. The molecule has 0 bridgehead atoms. The van der Waals surface area contributed by atoms with Crippen LogP contribution in [-0.4, -0.2) is 62.6 Å². The summed E-state index contributed by atoms with van der Waals surface area (Å²) in [6, 6.07) is 7.26. The van der Waals surface area contributed by atoms with E-state index in [0.29, 0.717) is 18.8 Å². The van der Waals surface area contributed by atoms with Crippen LogP contribution in [0.3, 0.4) is 0 Å². The number of fused-ring (bicyclic) bond motifs is 1. The van der Waals surface area contributed by atoms with Crippen molar-refractivity contribution in [1.82, 2.24) is 24.6 Å². The average molecular weight is 400 g/mol. The number of H-pyrrole nitrogens is 1. The van der Waals surface area contributed by atoms with Gasteiger partial charge in [0.25, 0.3) is 0 Å². The lowest BCUT2D eigenvalue weighted by molar-refractivity contribution is 0.101. The fourth-order valence-corrected chi connectivity index (χ4v) is 3.77. The minimum absolute atomic E-state index is 0.147. The monoisotopic (exact) mass is 399 g/mol. The minimum Gasteiger partial charge on any atom is -0.357 e. The third kappa shape index (κ3) is 3.55. The number of halogens is 1. The molecule has 146 valence electrons. The molecule has 1 aliphatic heterocycles. The van der Waals surface area contributed by atoms with Crippen molar-refractivity contribution in [2.24, 2.45) is 0 Å². The Balaban J connectivity index is 1.39. The normalized spacial score (nSPS) is 15.3. The van der Waals surface area contributed by atoms with E-state index in [1.54, 1.807) is 17.2 Å². The van der Waals surface area contributed by atoms with Crippen molar-refractivity contribution in [2.75, 3.05) is 26.2 Å². The van der Waals surface area contributed by atoms with E-state index < -0.39 is 0 Å². The fraction of sp³-hybridized carbons (Fsp3) is 0.350. The number of carbonyl (C=O) groups is 2. The zero-order valence-corrected chi connectivity index (χ0v) is 16.7. The SMILES string of the molecule is CC(=O)c1ccn(C(=O)N2CCN(Cc3[nH]c4ccc(Cl)cc4c3C)CC2)n1. The summed E-state index contributed by atoms with van der Waals surface area (Å²) >= 11 is 6.12. The molecule has 0 radical (unpaired) electrons. The van der Waals surface area contributed by atoms with E-state index >= 15 is 0 Å². The number of aromatic nitrogens is 3. The van der Waals surface area contributed by atoms with Crippen LogP contribution in [0.25, 0.3) is 10.9 Å². The number of ketones is 1. The van der Waals surface area contributed by atoms with Gasteiger partial charge >= 0.3 is 6.03 Å². The van der Waals surface area contributed by atoms with Crippen LogP contribution in [0.5, 0.6) is 0 Å². The first-order valence-electron chi connectivity index (χ1n) is 9.27. The number of Topliss-reactive ketones (excluding diaryl/α,β-unsaturated/α-hetero) is 1. The highest BCUT2D eigenvalue weighted by Crippen LogP contribution is 2.26. The van der Waals surface area contributed by atoms with Gasteiger partial charge in [0.15, 0.2) is 5.78 Å². The summed E-state index contributed by atoms with van der Waals surface area (Å²) < 4.78 is 1.25. The standard InChI is InChI=1S/C20H22ClN5O2/c1-13-16-11-15(21)3-4-18(16)22-19(13)12-24-7-9-25(10-8-24)20(28)26-6-5-17(23-26)14(2)27/h3-6,11,22H,7-10,12H2,1-2H3. The predicted octanol–water partition coefficient (Wildman–Crippen LogP) is 3.31. The summed E-state index contributed by atoms with van der Waals surface area (Å²) in [6.07, 6.45) is 1.55. The highest BCUT2D eigenvalue weighted by molar-refractivity contribution is 6.31. The van der Waals surface area contributed by atoms with E-state index in [1.807, 2.05) is 18.2 Å². The van der Waals surface area contributed by atoms with E-state index in [9.17, 15) is 9.59 Å². The van der Waals surface area contributed by atoms with Crippen molar-refractivity contribution in [1.29, 1.82) is 0 Å². The van der Waals surface area contributed by atoms with E-state index in [2.05, 4.69) is 21.9 Å². The van der Waals surface area contributed by atoms with Crippen LogP contribution >= 0.6 is 11.6 Å². The molecule has 1 aromatic carbocycles. The summed E-state index contributed by atoms with van der Waals surface area (Å²) in [7, 11) is 0. The van der Waals surface area contributed by atoms with Gasteiger partial charge in [-0.05, 0) is 36.8 Å². The van der Waals surface area contributed by atoms with Crippen LogP contribution in [-0.2, 0) is 6.54 Å². The number of piperazine rings is 1. The van der Waals surface area contributed by atoms with Gasteiger partial charge in [0.2, 0.25) is 0 Å². The second-order valence-electron chi connectivity index (χ2n) is 7.17. The zero-order chi connectivity index (χ0) is 19.8. The molecule has 3 aromatic rings. The number of rotatable bonds is 3. The number of hydrogen-bond acceptors (Lipinski definition) is 4. The molecule has 0 atom stereocenters. The maximum absolute atomic E-state index is 12.6. The van der Waals surface area contributed by atoms with Crippen LogP contribution in [0.4, 0.5) is 4.79 Å². The van der Waals surface area contributed by atoms with E-state index in [0.717, 1.165) is 35.6 Å². The topological polar surface area (TPSA) is 74.2 Å². The maximum Gasteiger partial charge on any atom is 0.344 e. The van der Waals surface area contributed by atoms with Gasteiger partial charge < -0.3 is 9.88 Å². The van der Waals surface area contributed by atoms with Gasteiger partial charge in [0.05, 0.1) is 0 Å². The van der Waals surface area contributed by atoms with Crippen molar-refractivity contribution in [2.45, 2.75) is 20.4 Å². The largest absolute Gasteiger partial charge is 0.357 e. The molecular formula is C20H22ClN5O2. The molecule has 1 aliphatic rings. The van der Waals surface area contributed by atoms with Crippen LogP contribution in [0.15, 0.2) is 30.5 Å². The van der Waals surface area contributed by atoms with Crippen molar-refractivity contribution in [3.05, 3.63) is 52.4 Å². The number of aryl methyl sites for hydroxylation is 1. The lowest BCUT2D eigenvalue weighted by Crippen LogP contribution is -2.49. The molecule has 4 rings (SSSR count). The number of benzene rings is 1.